The van der Waals surface area contributed by atoms with E-state index in [4.69, 9.17) is 0 Å². The molecule has 0 saturated heterocycles. The van der Waals surface area contributed by atoms with E-state index in [-0.39, 0.29) is 5.41 Å². The van der Waals surface area contributed by atoms with Crippen molar-refractivity contribution in [1.29, 1.82) is 0 Å². The van der Waals surface area contributed by atoms with Crippen LogP contribution < -0.4 is 0 Å². The van der Waals surface area contributed by atoms with Gasteiger partial charge in [0.2, 0.25) is 0 Å². The van der Waals surface area contributed by atoms with Gasteiger partial charge in [0, 0.05) is 5.41 Å². The lowest BCUT2D eigenvalue weighted by Crippen LogP contribution is -2.19. The number of hydrogen-bond donors (Lipinski definition) is 0. The second kappa shape index (κ2) is 5.57. The number of rotatable bonds is 3. The van der Waals surface area contributed by atoms with Gasteiger partial charge in [0.1, 0.15) is 0 Å². The quantitative estimate of drug-likeness (QED) is 0.575. The fraction of sp³-hybridized carbons (Fsp3) is 0.143. The van der Waals surface area contributed by atoms with Gasteiger partial charge < -0.3 is 0 Å². The summed E-state index contributed by atoms with van der Waals surface area (Å²) >= 11 is 0. The lowest BCUT2D eigenvalue weighted by molar-refractivity contribution is 0.642. The van der Waals surface area contributed by atoms with E-state index in [1.807, 2.05) is 0 Å². The Bertz CT molecular complexity index is 709. The van der Waals surface area contributed by atoms with Gasteiger partial charge >= 0.3 is 0 Å². The minimum Gasteiger partial charge on any atom is -0.0622 e. The average Bonchev–Trinajstić information content (AvgIpc) is 2.56. The molecule has 0 radical (unpaired) electrons. The fourth-order valence-electron chi connectivity index (χ4n) is 2.91. The highest BCUT2D eigenvalue weighted by Crippen LogP contribution is 2.37. The second-order valence-corrected chi connectivity index (χ2v) is 5.90. The highest BCUT2D eigenvalue weighted by atomic mass is 14.3. The van der Waals surface area contributed by atoms with Gasteiger partial charge in [0.15, 0.2) is 0 Å². The molecule has 0 spiro atoms. The summed E-state index contributed by atoms with van der Waals surface area (Å²) in [5, 5.41) is 0. The molecular formula is C21H20. The smallest absolute Gasteiger partial charge is 0.0152 e. The van der Waals surface area contributed by atoms with E-state index in [0.717, 1.165) is 0 Å². The SMILES string of the molecule is CC(C)(c1ccccc1)c1ccccc1-c1ccccc1. The number of benzene rings is 3. The third-order valence-electron chi connectivity index (χ3n) is 4.18. The van der Waals surface area contributed by atoms with Crippen LogP contribution in [0.2, 0.25) is 0 Å². The van der Waals surface area contributed by atoms with Crippen molar-refractivity contribution in [3.8, 4) is 11.1 Å². The summed E-state index contributed by atoms with van der Waals surface area (Å²) < 4.78 is 0. The van der Waals surface area contributed by atoms with Crippen LogP contribution in [0.3, 0.4) is 0 Å². The lowest BCUT2D eigenvalue weighted by atomic mass is 9.75. The fourth-order valence-corrected chi connectivity index (χ4v) is 2.91. The Morgan fingerprint density at radius 3 is 1.76 bits per heavy atom. The zero-order chi connectivity index (χ0) is 14.7. The average molecular weight is 272 g/mol. The molecule has 0 aliphatic heterocycles. The molecule has 0 heterocycles. The van der Waals surface area contributed by atoms with Crippen molar-refractivity contribution in [2.45, 2.75) is 19.3 Å². The molecule has 0 heteroatoms. The third-order valence-corrected chi connectivity index (χ3v) is 4.18. The Labute approximate surface area is 127 Å². The molecule has 0 aliphatic carbocycles. The molecule has 3 aromatic rings. The van der Waals surface area contributed by atoms with Crippen molar-refractivity contribution in [1.82, 2.24) is 0 Å². The van der Waals surface area contributed by atoms with Crippen LogP contribution in [0.15, 0.2) is 84.9 Å². The first-order chi connectivity index (χ1) is 10.2. The number of hydrogen-bond acceptors (Lipinski definition) is 0. The minimum atomic E-state index is -0.0201. The van der Waals surface area contributed by atoms with E-state index in [1.54, 1.807) is 0 Å². The van der Waals surface area contributed by atoms with Crippen LogP contribution in [-0.4, -0.2) is 0 Å². The van der Waals surface area contributed by atoms with Gasteiger partial charge in [-0.15, -0.1) is 0 Å². The zero-order valence-electron chi connectivity index (χ0n) is 12.6. The van der Waals surface area contributed by atoms with Crippen molar-refractivity contribution in [3.05, 3.63) is 96.1 Å². The Kier molecular flexibility index (Phi) is 3.62. The first-order valence-corrected chi connectivity index (χ1v) is 7.40. The summed E-state index contributed by atoms with van der Waals surface area (Å²) in [7, 11) is 0. The molecule has 0 aromatic heterocycles. The normalized spacial score (nSPS) is 11.3. The van der Waals surface area contributed by atoms with E-state index in [2.05, 4.69) is 98.8 Å². The molecule has 21 heavy (non-hydrogen) atoms. The molecule has 0 nitrogen and oxygen atoms in total. The van der Waals surface area contributed by atoms with Gasteiger partial charge in [0.05, 0.1) is 0 Å². The molecule has 0 amide bonds. The topological polar surface area (TPSA) is 0 Å². The molecule has 0 saturated carbocycles. The van der Waals surface area contributed by atoms with Gasteiger partial charge in [-0.2, -0.15) is 0 Å². The zero-order valence-corrected chi connectivity index (χ0v) is 12.6. The van der Waals surface area contributed by atoms with Crippen molar-refractivity contribution in [3.63, 3.8) is 0 Å². The van der Waals surface area contributed by atoms with Gasteiger partial charge in [0.25, 0.3) is 0 Å². The van der Waals surface area contributed by atoms with Crippen LogP contribution in [0.1, 0.15) is 25.0 Å². The van der Waals surface area contributed by atoms with Crippen LogP contribution >= 0.6 is 0 Å². The van der Waals surface area contributed by atoms with E-state index < -0.39 is 0 Å². The van der Waals surface area contributed by atoms with Crippen molar-refractivity contribution in [2.24, 2.45) is 0 Å². The van der Waals surface area contributed by atoms with Gasteiger partial charge in [-0.25, -0.2) is 0 Å². The summed E-state index contributed by atoms with van der Waals surface area (Å²) in [6.45, 7) is 4.59. The Morgan fingerprint density at radius 1 is 0.571 bits per heavy atom. The summed E-state index contributed by atoms with van der Waals surface area (Å²) in [6, 6.07) is 30.1. The summed E-state index contributed by atoms with van der Waals surface area (Å²) in [4.78, 5) is 0. The van der Waals surface area contributed by atoms with Gasteiger partial charge in [-0.1, -0.05) is 98.8 Å². The van der Waals surface area contributed by atoms with E-state index >= 15 is 0 Å². The van der Waals surface area contributed by atoms with E-state index in [1.165, 1.54) is 22.3 Å². The molecule has 0 fully saturated rings. The Morgan fingerprint density at radius 2 is 1.10 bits per heavy atom. The van der Waals surface area contributed by atoms with Crippen LogP contribution in [0, 0.1) is 0 Å². The molecule has 0 aliphatic rings. The molecule has 3 aromatic carbocycles. The minimum absolute atomic E-state index is 0.0201. The second-order valence-electron chi connectivity index (χ2n) is 5.90. The van der Waals surface area contributed by atoms with Crippen LogP contribution in [0.25, 0.3) is 11.1 Å². The highest BCUT2D eigenvalue weighted by molar-refractivity contribution is 5.69. The largest absolute Gasteiger partial charge is 0.0622 e. The maximum absolute atomic E-state index is 2.30. The molecule has 104 valence electrons. The summed E-state index contributed by atoms with van der Waals surface area (Å²) in [6.07, 6.45) is 0. The monoisotopic (exact) mass is 272 g/mol. The predicted octanol–water partition coefficient (Wildman–Crippen LogP) is 5.68. The van der Waals surface area contributed by atoms with Crippen molar-refractivity contribution < 1.29 is 0 Å². The lowest BCUT2D eigenvalue weighted by Gasteiger charge is -2.28. The van der Waals surface area contributed by atoms with Crippen LogP contribution in [0.4, 0.5) is 0 Å². The third kappa shape index (κ3) is 2.62. The molecule has 0 bridgehead atoms. The molecule has 0 atom stereocenters. The summed E-state index contributed by atoms with van der Waals surface area (Å²) in [5.41, 5.74) is 5.27. The van der Waals surface area contributed by atoms with Crippen LogP contribution in [-0.2, 0) is 5.41 Å². The molecule has 0 N–H and O–H groups in total. The molecule has 3 rings (SSSR count). The molecule has 0 unspecified atom stereocenters. The van der Waals surface area contributed by atoms with Crippen molar-refractivity contribution in [2.75, 3.05) is 0 Å². The standard InChI is InChI=1S/C21H20/c1-21(2,18-13-7-4-8-14-18)20-16-10-9-15-19(20)17-11-5-3-6-12-17/h3-16H,1-2H3. The first-order valence-electron chi connectivity index (χ1n) is 7.40. The Hall–Kier alpha value is -2.34. The summed E-state index contributed by atoms with van der Waals surface area (Å²) in [5.74, 6) is 0. The van der Waals surface area contributed by atoms with Gasteiger partial charge in [-0.05, 0) is 22.3 Å². The maximum atomic E-state index is 2.30. The van der Waals surface area contributed by atoms with Crippen LogP contribution in [0.5, 0.6) is 0 Å². The van der Waals surface area contributed by atoms with Crippen molar-refractivity contribution >= 4 is 0 Å². The molecular weight excluding hydrogens is 252 g/mol. The predicted molar refractivity (Wildman–Crippen MR) is 90.4 cm³/mol. The van der Waals surface area contributed by atoms with E-state index in [0.29, 0.717) is 0 Å². The van der Waals surface area contributed by atoms with E-state index in [9.17, 15) is 0 Å². The van der Waals surface area contributed by atoms with Gasteiger partial charge in [-0.3, -0.25) is 0 Å². The highest BCUT2D eigenvalue weighted by Gasteiger charge is 2.25. The Balaban J connectivity index is 2.16. The first kappa shape index (κ1) is 13.6. The maximum Gasteiger partial charge on any atom is 0.0152 e.